The lowest BCUT2D eigenvalue weighted by atomic mass is 9.68. The summed E-state index contributed by atoms with van der Waals surface area (Å²) in [7, 11) is 5.06. The van der Waals surface area contributed by atoms with Crippen molar-refractivity contribution in [3.63, 3.8) is 0 Å². The van der Waals surface area contributed by atoms with E-state index in [1.54, 1.807) is 0 Å². The summed E-state index contributed by atoms with van der Waals surface area (Å²) in [5.74, 6) is -0.168. The second-order valence-electron chi connectivity index (χ2n) is 11.3. The van der Waals surface area contributed by atoms with Crippen LogP contribution in [0.3, 0.4) is 0 Å². The topological polar surface area (TPSA) is 82.3 Å². The minimum Gasteiger partial charge on any atom is -0.342 e. The third kappa shape index (κ3) is 6.90. The van der Waals surface area contributed by atoms with Crippen molar-refractivity contribution in [2.75, 3.05) is 13.1 Å². The Kier molecular flexibility index (Phi) is 8.51. The molecule has 1 rings (SSSR count). The summed E-state index contributed by atoms with van der Waals surface area (Å²) in [5, 5.41) is 12.4. The van der Waals surface area contributed by atoms with Gasteiger partial charge in [0.05, 0.1) is 0 Å². The average molecular weight is 433 g/mol. The van der Waals surface area contributed by atoms with Gasteiger partial charge in [-0.25, -0.2) is 0 Å². The molecule has 4 atom stereocenters. The predicted molar refractivity (Wildman–Crippen MR) is 124 cm³/mol. The molecule has 1 aliphatic rings. The van der Waals surface area contributed by atoms with Crippen molar-refractivity contribution < 1.29 is 9.59 Å². The Hall–Kier alpha value is -0.280. The highest BCUT2D eigenvalue weighted by Gasteiger charge is 2.49. The first-order valence-electron chi connectivity index (χ1n) is 10.0. The minimum atomic E-state index is -0.530. The van der Waals surface area contributed by atoms with Gasteiger partial charge in [-0.2, -0.15) is 0 Å². The van der Waals surface area contributed by atoms with Crippen LogP contribution in [0, 0.1) is 21.7 Å². The number of amides is 2. The van der Waals surface area contributed by atoms with E-state index in [-0.39, 0.29) is 33.5 Å². The van der Waals surface area contributed by atoms with Crippen LogP contribution in [0.2, 0.25) is 0 Å². The Bertz CT molecular complexity index is 527. The molecule has 1 heterocycles. The second-order valence-corrected chi connectivity index (χ2v) is 12.1. The van der Waals surface area contributed by atoms with E-state index in [0.717, 1.165) is 25.9 Å². The first-order valence-corrected chi connectivity index (χ1v) is 11.2. The standard InChI is InChI=1S/C20H42N4O2P2/c1-17(2,11-21-27)9-19(5,6)13-15(25)24-14(16(26)23-13)20(7,8)10-18(3,4)12-22-28/h13-14,21-22H,9-12,27-28H2,1-8H3,(H,23,26)(H,24,25). The molecule has 0 aliphatic carbocycles. The molecular weight excluding hydrogens is 390 g/mol. The zero-order valence-corrected chi connectivity index (χ0v) is 21.3. The highest BCUT2D eigenvalue weighted by atomic mass is 31.0. The quantitative estimate of drug-likeness (QED) is 0.400. The Morgan fingerprint density at radius 2 is 1.00 bits per heavy atom. The molecule has 4 N–H and O–H groups in total. The zero-order valence-electron chi connectivity index (χ0n) is 19.0. The molecule has 0 saturated carbocycles. The van der Waals surface area contributed by atoms with Gasteiger partial charge in [-0.05, 0) is 34.5 Å². The van der Waals surface area contributed by atoms with Crippen LogP contribution in [0.4, 0.5) is 0 Å². The second kappa shape index (κ2) is 9.25. The van der Waals surface area contributed by atoms with Crippen LogP contribution in [0.5, 0.6) is 0 Å². The molecule has 8 heteroatoms. The van der Waals surface area contributed by atoms with Crippen molar-refractivity contribution in [3.05, 3.63) is 0 Å². The molecule has 1 fully saturated rings. The van der Waals surface area contributed by atoms with E-state index in [4.69, 9.17) is 0 Å². The molecule has 0 aromatic rings. The molecule has 0 aromatic carbocycles. The lowest BCUT2D eigenvalue weighted by Crippen LogP contribution is -2.69. The molecule has 164 valence electrons. The first kappa shape index (κ1) is 25.8. The Labute approximate surface area is 176 Å². The molecule has 1 aliphatic heterocycles. The van der Waals surface area contributed by atoms with Crippen molar-refractivity contribution in [3.8, 4) is 0 Å². The highest BCUT2D eigenvalue weighted by Crippen LogP contribution is 2.40. The van der Waals surface area contributed by atoms with Gasteiger partial charge >= 0.3 is 0 Å². The van der Waals surface area contributed by atoms with Crippen molar-refractivity contribution in [1.82, 2.24) is 20.8 Å². The van der Waals surface area contributed by atoms with Gasteiger partial charge in [0, 0.05) is 13.1 Å². The maximum absolute atomic E-state index is 13.0. The SMILES string of the molecule is CC(C)(CNP)CC(C)(C)C1NC(=O)C(C(C)(C)CC(C)(C)CNP)NC1=O. The van der Waals surface area contributed by atoms with Crippen LogP contribution in [-0.2, 0) is 9.59 Å². The van der Waals surface area contributed by atoms with Gasteiger partial charge in [-0.1, -0.05) is 74.2 Å². The molecule has 0 aromatic heterocycles. The summed E-state index contributed by atoms with van der Waals surface area (Å²) in [6, 6.07) is -1.06. The van der Waals surface area contributed by atoms with Crippen LogP contribution in [-0.4, -0.2) is 37.0 Å². The summed E-state index contributed by atoms with van der Waals surface area (Å²) in [6.45, 7) is 18.5. The Balaban J connectivity index is 2.94. The third-order valence-electron chi connectivity index (χ3n) is 5.69. The molecule has 2 amide bonds. The number of carbonyl (C=O) groups excluding carboxylic acids is 2. The van der Waals surface area contributed by atoms with Crippen molar-refractivity contribution in [2.24, 2.45) is 21.7 Å². The van der Waals surface area contributed by atoms with Gasteiger partial charge in [-0.15, -0.1) is 0 Å². The van der Waals surface area contributed by atoms with Gasteiger partial charge in [0.1, 0.15) is 12.1 Å². The predicted octanol–water partition coefficient (Wildman–Crippen LogP) is 2.61. The van der Waals surface area contributed by atoms with Gasteiger partial charge in [0.15, 0.2) is 0 Å². The summed E-state index contributed by atoms with van der Waals surface area (Å²) < 4.78 is 0. The maximum atomic E-state index is 13.0. The van der Waals surface area contributed by atoms with Gasteiger partial charge in [-0.3, -0.25) is 9.59 Å². The minimum absolute atomic E-state index is 0.00155. The van der Waals surface area contributed by atoms with Crippen LogP contribution in [0.15, 0.2) is 0 Å². The van der Waals surface area contributed by atoms with Crippen LogP contribution in [0.25, 0.3) is 0 Å². The lowest BCUT2D eigenvalue weighted by Gasteiger charge is -2.47. The Morgan fingerprint density at radius 3 is 1.25 bits per heavy atom. The molecule has 6 nitrogen and oxygen atoms in total. The van der Waals surface area contributed by atoms with Crippen molar-refractivity contribution in [2.45, 2.75) is 80.3 Å². The Morgan fingerprint density at radius 1 is 0.714 bits per heavy atom. The fourth-order valence-electron chi connectivity index (χ4n) is 5.03. The van der Waals surface area contributed by atoms with E-state index >= 15 is 0 Å². The molecule has 1 saturated heterocycles. The fourth-order valence-corrected chi connectivity index (χ4v) is 6.14. The number of rotatable bonds is 10. The first-order chi connectivity index (χ1) is 12.6. The summed E-state index contributed by atoms with van der Waals surface area (Å²) in [6.07, 6.45) is 1.61. The molecule has 0 bridgehead atoms. The number of carbonyl (C=O) groups is 2. The number of piperazine rings is 1. The van der Waals surface area contributed by atoms with E-state index in [2.05, 4.69) is 95.0 Å². The molecule has 0 spiro atoms. The monoisotopic (exact) mass is 432 g/mol. The fraction of sp³-hybridized carbons (Fsp3) is 0.900. The largest absolute Gasteiger partial charge is 0.342 e. The number of nitrogens with one attached hydrogen (secondary N) is 4. The van der Waals surface area contributed by atoms with Gasteiger partial charge in [0.25, 0.3) is 0 Å². The maximum Gasteiger partial charge on any atom is 0.243 e. The van der Waals surface area contributed by atoms with E-state index in [9.17, 15) is 9.59 Å². The van der Waals surface area contributed by atoms with Crippen molar-refractivity contribution in [1.29, 1.82) is 0 Å². The van der Waals surface area contributed by atoms with E-state index < -0.39 is 12.1 Å². The number of hydrogen-bond acceptors (Lipinski definition) is 4. The van der Waals surface area contributed by atoms with Crippen LogP contribution >= 0.6 is 18.8 Å². The zero-order chi connectivity index (χ0) is 22.0. The van der Waals surface area contributed by atoms with Crippen molar-refractivity contribution >= 4 is 30.6 Å². The van der Waals surface area contributed by atoms with E-state index in [1.165, 1.54) is 0 Å². The lowest BCUT2D eigenvalue weighted by molar-refractivity contribution is -0.143. The van der Waals surface area contributed by atoms with Gasteiger partial charge in [0.2, 0.25) is 11.8 Å². The number of hydrogen-bond donors (Lipinski definition) is 4. The molecule has 28 heavy (non-hydrogen) atoms. The summed E-state index contributed by atoms with van der Waals surface area (Å²) >= 11 is 0. The van der Waals surface area contributed by atoms with Crippen LogP contribution < -0.4 is 20.8 Å². The summed E-state index contributed by atoms with van der Waals surface area (Å²) in [4.78, 5) is 26.0. The molecule has 0 radical (unpaired) electrons. The van der Waals surface area contributed by atoms with E-state index in [0.29, 0.717) is 0 Å². The van der Waals surface area contributed by atoms with Crippen LogP contribution in [0.1, 0.15) is 68.2 Å². The average Bonchev–Trinajstić information content (AvgIpc) is 2.46. The molecule has 4 unspecified atom stereocenters. The third-order valence-corrected chi connectivity index (χ3v) is 6.10. The molecular formula is C20H42N4O2P2. The smallest absolute Gasteiger partial charge is 0.243 e. The highest BCUT2D eigenvalue weighted by molar-refractivity contribution is 7.13. The van der Waals surface area contributed by atoms with E-state index in [1.807, 2.05) is 0 Å². The normalized spacial score (nSPS) is 22.1. The van der Waals surface area contributed by atoms with Gasteiger partial charge < -0.3 is 20.8 Å². The summed E-state index contributed by atoms with van der Waals surface area (Å²) in [5.41, 5.74) is -0.714.